The zero-order valence-corrected chi connectivity index (χ0v) is 9.26. The standard InChI is InChI=1S/C10H21NO4/c1-2-10(13)9(11(14)15)7-5-3-4-6-8-12/h9-10,12-13H,2-8H2,1H3. The van der Waals surface area contributed by atoms with Gasteiger partial charge in [-0.2, -0.15) is 0 Å². The van der Waals surface area contributed by atoms with Crippen LogP contribution in [0.2, 0.25) is 0 Å². The summed E-state index contributed by atoms with van der Waals surface area (Å²) in [6, 6.07) is -0.830. The van der Waals surface area contributed by atoms with E-state index in [0.29, 0.717) is 12.8 Å². The monoisotopic (exact) mass is 219 g/mol. The molecule has 5 heteroatoms. The molecule has 0 amide bonds. The Morgan fingerprint density at radius 1 is 1.27 bits per heavy atom. The van der Waals surface area contributed by atoms with Gasteiger partial charge >= 0.3 is 0 Å². The van der Waals surface area contributed by atoms with Gasteiger partial charge < -0.3 is 10.2 Å². The minimum absolute atomic E-state index is 0.177. The lowest BCUT2D eigenvalue weighted by Crippen LogP contribution is -2.33. The highest BCUT2D eigenvalue weighted by atomic mass is 16.6. The van der Waals surface area contributed by atoms with Gasteiger partial charge in [0.15, 0.2) is 0 Å². The van der Waals surface area contributed by atoms with Crippen molar-refractivity contribution in [3.8, 4) is 0 Å². The number of aliphatic hydroxyl groups excluding tert-OH is 2. The van der Waals surface area contributed by atoms with Crippen molar-refractivity contribution < 1.29 is 15.1 Å². The molecule has 0 aromatic carbocycles. The molecule has 0 heterocycles. The van der Waals surface area contributed by atoms with Gasteiger partial charge in [-0.1, -0.05) is 19.8 Å². The van der Waals surface area contributed by atoms with Crippen LogP contribution >= 0.6 is 0 Å². The van der Waals surface area contributed by atoms with Gasteiger partial charge in [-0.3, -0.25) is 10.1 Å². The van der Waals surface area contributed by atoms with Gasteiger partial charge in [0.25, 0.3) is 0 Å². The minimum Gasteiger partial charge on any atom is -0.396 e. The number of nitro groups is 1. The lowest BCUT2D eigenvalue weighted by atomic mass is 10.0. The van der Waals surface area contributed by atoms with Crippen molar-refractivity contribution in [2.45, 2.75) is 57.6 Å². The van der Waals surface area contributed by atoms with E-state index in [0.717, 1.165) is 25.7 Å². The van der Waals surface area contributed by atoms with E-state index in [2.05, 4.69) is 0 Å². The number of rotatable bonds is 9. The maximum atomic E-state index is 10.6. The first-order valence-corrected chi connectivity index (χ1v) is 5.55. The first-order chi connectivity index (χ1) is 7.13. The second kappa shape index (κ2) is 8.61. The maximum Gasteiger partial charge on any atom is 0.238 e. The van der Waals surface area contributed by atoms with Crippen LogP contribution in [0.1, 0.15) is 45.4 Å². The predicted molar refractivity (Wildman–Crippen MR) is 57.3 cm³/mol. The van der Waals surface area contributed by atoms with Crippen LogP contribution in [-0.2, 0) is 0 Å². The Morgan fingerprint density at radius 2 is 1.87 bits per heavy atom. The zero-order valence-electron chi connectivity index (χ0n) is 9.26. The average Bonchev–Trinajstić information content (AvgIpc) is 2.22. The number of hydrogen-bond donors (Lipinski definition) is 2. The molecule has 2 unspecified atom stereocenters. The molecule has 0 radical (unpaired) electrons. The van der Waals surface area contributed by atoms with Crippen LogP contribution in [-0.4, -0.2) is 33.9 Å². The molecule has 15 heavy (non-hydrogen) atoms. The molecule has 0 rings (SSSR count). The first-order valence-electron chi connectivity index (χ1n) is 5.55. The third-order valence-corrected chi connectivity index (χ3v) is 2.54. The molecule has 0 aliphatic heterocycles. The van der Waals surface area contributed by atoms with E-state index in [1.165, 1.54) is 0 Å². The van der Waals surface area contributed by atoms with Gasteiger partial charge in [-0.05, 0) is 19.3 Å². The topological polar surface area (TPSA) is 83.6 Å². The fourth-order valence-electron chi connectivity index (χ4n) is 1.53. The molecular formula is C10H21NO4. The van der Waals surface area contributed by atoms with Crippen molar-refractivity contribution in [1.29, 1.82) is 0 Å². The Kier molecular flexibility index (Phi) is 8.22. The summed E-state index contributed by atoms with van der Waals surface area (Å²) < 4.78 is 0. The molecule has 0 saturated carbocycles. The lowest BCUT2D eigenvalue weighted by Gasteiger charge is -2.13. The molecule has 0 bridgehead atoms. The minimum atomic E-state index is -0.835. The molecule has 5 nitrogen and oxygen atoms in total. The second-order valence-electron chi connectivity index (χ2n) is 3.75. The zero-order chi connectivity index (χ0) is 11.7. The second-order valence-corrected chi connectivity index (χ2v) is 3.75. The highest BCUT2D eigenvalue weighted by Crippen LogP contribution is 2.12. The molecular weight excluding hydrogens is 198 g/mol. The Balaban J connectivity index is 3.72. The fraction of sp³-hybridized carbons (Fsp3) is 1.00. The molecule has 0 aromatic rings. The van der Waals surface area contributed by atoms with E-state index in [9.17, 15) is 15.2 Å². The number of unbranched alkanes of at least 4 members (excludes halogenated alkanes) is 3. The van der Waals surface area contributed by atoms with Crippen molar-refractivity contribution in [2.24, 2.45) is 0 Å². The maximum absolute atomic E-state index is 10.6. The smallest absolute Gasteiger partial charge is 0.238 e. The third-order valence-electron chi connectivity index (χ3n) is 2.54. The van der Waals surface area contributed by atoms with Crippen molar-refractivity contribution in [3.05, 3.63) is 10.1 Å². The van der Waals surface area contributed by atoms with Crippen LogP contribution in [0.4, 0.5) is 0 Å². The van der Waals surface area contributed by atoms with Gasteiger partial charge in [-0.15, -0.1) is 0 Å². The molecule has 2 atom stereocenters. The number of hydrogen-bond acceptors (Lipinski definition) is 4. The molecule has 0 aliphatic carbocycles. The van der Waals surface area contributed by atoms with E-state index in [1.54, 1.807) is 6.92 Å². The largest absolute Gasteiger partial charge is 0.396 e. The highest BCUT2D eigenvalue weighted by Gasteiger charge is 2.27. The summed E-state index contributed by atoms with van der Waals surface area (Å²) in [7, 11) is 0. The van der Waals surface area contributed by atoms with Crippen molar-refractivity contribution in [2.75, 3.05) is 6.61 Å². The van der Waals surface area contributed by atoms with Crippen molar-refractivity contribution in [3.63, 3.8) is 0 Å². The molecule has 2 N–H and O–H groups in total. The molecule has 0 aromatic heterocycles. The first kappa shape index (κ1) is 14.3. The fourth-order valence-corrected chi connectivity index (χ4v) is 1.53. The average molecular weight is 219 g/mol. The van der Waals surface area contributed by atoms with Crippen LogP contribution in [0, 0.1) is 10.1 Å². The van der Waals surface area contributed by atoms with E-state index in [4.69, 9.17) is 5.11 Å². The molecule has 0 saturated heterocycles. The van der Waals surface area contributed by atoms with Gasteiger partial charge in [0.05, 0.1) is 0 Å². The van der Waals surface area contributed by atoms with E-state index in [-0.39, 0.29) is 11.5 Å². The number of nitrogens with zero attached hydrogens (tertiary/aromatic N) is 1. The van der Waals surface area contributed by atoms with Crippen LogP contribution in [0.25, 0.3) is 0 Å². The Bertz CT molecular complexity index is 175. The van der Waals surface area contributed by atoms with Gasteiger partial charge in [0.2, 0.25) is 6.04 Å². The van der Waals surface area contributed by atoms with Gasteiger partial charge in [-0.25, -0.2) is 0 Å². The summed E-state index contributed by atoms with van der Waals surface area (Å²) in [6.45, 7) is 1.92. The van der Waals surface area contributed by atoms with E-state index in [1.807, 2.05) is 0 Å². The molecule has 90 valence electrons. The van der Waals surface area contributed by atoms with E-state index >= 15 is 0 Å². The Morgan fingerprint density at radius 3 is 2.33 bits per heavy atom. The predicted octanol–water partition coefficient (Wildman–Crippen LogP) is 1.35. The van der Waals surface area contributed by atoms with Gasteiger partial charge in [0.1, 0.15) is 6.10 Å². The summed E-state index contributed by atoms with van der Waals surface area (Å²) in [4.78, 5) is 10.2. The molecule has 0 aliphatic rings. The van der Waals surface area contributed by atoms with Crippen LogP contribution in [0.15, 0.2) is 0 Å². The summed E-state index contributed by atoms with van der Waals surface area (Å²) in [6.07, 6.45) is 3.26. The van der Waals surface area contributed by atoms with E-state index < -0.39 is 12.1 Å². The van der Waals surface area contributed by atoms with Gasteiger partial charge in [0, 0.05) is 18.0 Å². The Hall–Kier alpha value is -0.680. The third kappa shape index (κ3) is 6.41. The lowest BCUT2D eigenvalue weighted by molar-refractivity contribution is -0.535. The summed E-state index contributed by atoms with van der Waals surface area (Å²) in [5.41, 5.74) is 0. The van der Waals surface area contributed by atoms with Crippen molar-refractivity contribution >= 4 is 0 Å². The Labute approximate surface area is 90.3 Å². The molecule has 0 spiro atoms. The summed E-state index contributed by atoms with van der Waals surface area (Å²) in [5.74, 6) is 0. The highest BCUT2D eigenvalue weighted by molar-refractivity contribution is 4.66. The molecule has 0 fully saturated rings. The van der Waals surface area contributed by atoms with Crippen LogP contribution < -0.4 is 0 Å². The van der Waals surface area contributed by atoms with Crippen molar-refractivity contribution in [1.82, 2.24) is 0 Å². The summed E-state index contributed by atoms with van der Waals surface area (Å²) in [5, 5.41) is 28.6. The normalized spacial score (nSPS) is 14.9. The number of aliphatic hydroxyl groups is 2. The summed E-state index contributed by atoms with van der Waals surface area (Å²) >= 11 is 0. The quantitative estimate of drug-likeness (QED) is 0.348. The SMILES string of the molecule is CCC(O)C(CCCCCCO)[N+](=O)[O-]. The van der Waals surface area contributed by atoms with Crippen LogP contribution in [0.3, 0.4) is 0 Å². The van der Waals surface area contributed by atoms with Crippen LogP contribution in [0.5, 0.6) is 0 Å².